The minimum absolute atomic E-state index is 0.00481. The number of hydrogen-bond acceptors (Lipinski definition) is 3. The van der Waals surface area contributed by atoms with E-state index in [2.05, 4.69) is 0 Å². The van der Waals surface area contributed by atoms with Crippen LogP contribution in [0.3, 0.4) is 0 Å². The van der Waals surface area contributed by atoms with Gasteiger partial charge < -0.3 is 14.7 Å². The Kier molecular flexibility index (Phi) is 5.54. The standard InChI is InChI=1S/C19H24FN3O3/c1-2-6-23-13-15(12-17(23)24)19(26)22-9-7-21(8-10-22)18(25)14-4-3-5-16(20)11-14/h3-5,11,15H,2,6-10,12-13H2,1H3. The number of carbonyl (C=O) groups is 3. The van der Waals surface area contributed by atoms with E-state index in [9.17, 15) is 18.8 Å². The number of halogens is 1. The number of rotatable bonds is 4. The topological polar surface area (TPSA) is 60.9 Å². The number of amides is 3. The molecule has 0 bridgehead atoms. The quantitative estimate of drug-likeness (QED) is 0.814. The van der Waals surface area contributed by atoms with Gasteiger partial charge in [0.2, 0.25) is 11.8 Å². The van der Waals surface area contributed by atoms with Crippen LogP contribution in [0.4, 0.5) is 4.39 Å². The van der Waals surface area contributed by atoms with Crippen molar-refractivity contribution in [1.82, 2.24) is 14.7 Å². The van der Waals surface area contributed by atoms with Crippen molar-refractivity contribution in [2.24, 2.45) is 5.92 Å². The fourth-order valence-electron chi connectivity index (χ4n) is 3.62. The van der Waals surface area contributed by atoms with E-state index >= 15 is 0 Å². The predicted molar refractivity (Wildman–Crippen MR) is 93.9 cm³/mol. The van der Waals surface area contributed by atoms with Crippen LogP contribution in [0.2, 0.25) is 0 Å². The van der Waals surface area contributed by atoms with Crippen LogP contribution in [0.25, 0.3) is 0 Å². The molecule has 1 unspecified atom stereocenters. The highest BCUT2D eigenvalue weighted by molar-refractivity contribution is 5.94. The van der Waals surface area contributed by atoms with E-state index in [4.69, 9.17) is 0 Å². The van der Waals surface area contributed by atoms with Crippen molar-refractivity contribution in [3.8, 4) is 0 Å². The van der Waals surface area contributed by atoms with Crippen molar-refractivity contribution in [3.05, 3.63) is 35.6 Å². The van der Waals surface area contributed by atoms with Gasteiger partial charge in [-0.2, -0.15) is 0 Å². The first-order valence-electron chi connectivity index (χ1n) is 9.11. The first kappa shape index (κ1) is 18.4. The highest BCUT2D eigenvalue weighted by Crippen LogP contribution is 2.21. The Labute approximate surface area is 152 Å². The summed E-state index contributed by atoms with van der Waals surface area (Å²) in [7, 11) is 0. The van der Waals surface area contributed by atoms with Crippen LogP contribution >= 0.6 is 0 Å². The van der Waals surface area contributed by atoms with Gasteiger partial charge in [0.05, 0.1) is 5.92 Å². The third-order valence-electron chi connectivity index (χ3n) is 5.01. The predicted octanol–water partition coefficient (Wildman–Crippen LogP) is 1.37. The molecule has 6 nitrogen and oxygen atoms in total. The van der Waals surface area contributed by atoms with E-state index in [1.165, 1.54) is 18.2 Å². The van der Waals surface area contributed by atoms with Gasteiger partial charge in [0.1, 0.15) is 5.82 Å². The zero-order valence-corrected chi connectivity index (χ0v) is 15.0. The first-order chi connectivity index (χ1) is 12.5. The molecule has 1 aromatic rings. The molecule has 0 N–H and O–H groups in total. The van der Waals surface area contributed by atoms with Crippen molar-refractivity contribution in [3.63, 3.8) is 0 Å². The Balaban J connectivity index is 1.54. The zero-order valence-electron chi connectivity index (χ0n) is 15.0. The number of carbonyl (C=O) groups excluding carboxylic acids is 3. The normalized spacial score (nSPS) is 20.6. The molecule has 3 amide bonds. The Morgan fingerprint density at radius 2 is 1.85 bits per heavy atom. The van der Waals surface area contributed by atoms with Crippen LogP contribution in [-0.2, 0) is 9.59 Å². The van der Waals surface area contributed by atoms with Gasteiger partial charge >= 0.3 is 0 Å². The van der Waals surface area contributed by atoms with Crippen LogP contribution in [0.5, 0.6) is 0 Å². The van der Waals surface area contributed by atoms with Crippen molar-refractivity contribution in [2.45, 2.75) is 19.8 Å². The van der Waals surface area contributed by atoms with Crippen molar-refractivity contribution >= 4 is 17.7 Å². The molecule has 0 saturated carbocycles. The van der Waals surface area contributed by atoms with Crippen LogP contribution in [0.15, 0.2) is 24.3 Å². The van der Waals surface area contributed by atoms with Gasteiger partial charge in [0, 0.05) is 51.3 Å². The zero-order chi connectivity index (χ0) is 18.7. The van der Waals surface area contributed by atoms with Crippen LogP contribution in [0.1, 0.15) is 30.1 Å². The monoisotopic (exact) mass is 361 g/mol. The summed E-state index contributed by atoms with van der Waals surface area (Å²) in [6.45, 7) is 4.92. The van der Waals surface area contributed by atoms with E-state index in [0.717, 1.165) is 6.42 Å². The molecular weight excluding hydrogens is 337 g/mol. The molecule has 0 spiro atoms. The van der Waals surface area contributed by atoms with Crippen LogP contribution in [0, 0.1) is 11.7 Å². The lowest BCUT2D eigenvalue weighted by molar-refractivity contribution is -0.137. The average Bonchev–Trinajstić information content (AvgIpc) is 3.02. The molecule has 2 fully saturated rings. The van der Waals surface area contributed by atoms with Crippen molar-refractivity contribution < 1.29 is 18.8 Å². The second-order valence-corrected chi connectivity index (χ2v) is 6.87. The molecule has 3 rings (SSSR count). The molecule has 0 radical (unpaired) electrons. The lowest BCUT2D eigenvalue weighted by Crippen LogP contribution is -2.52. The highest BCUT2D eigenvalue weighted by atomic mass is 19.1. The van der Waals surface area contributed by atoms with Crippen LogP contribution < -0.4 is 0 Å². The maximum Gasteiger partial charge on any atom is 0.254 e. The third-order valence-corrected chi connectivity index (χ3v) is 5.01. The summed E-state index contributed by atoms with van der Waals surface area (Å²) in [4.78, 5) is 42.2. The molecule has 2 aliphatic rings. The summed E-state index contributed by atoms with van der Waals surface area (Å²) in [6, 6.07) is 5.64. The molecule has 7 heteroatoms. The van der Waals surface area contributed by atoms with Crippen molar-refractivity contribution in [2.75, 3.05) is 39.3 Å². The fraction of sp³-hybridized carbons (Fsp3) is 0.526. The molecule has 26 heavy (non-hydrogen) atoms. The molecule has 1 aromatic carbocycles. The van der Waals surface area contributed by atoms with Crippen molar-refractivity contribution in [1.29, 1.82) is 0 Å². The Morgan fingerprint density at radius 3 is 2.50 bits per heavy atom. The van der Waals surface area contributed by atoms with Gasteiger partial charge in [-0.15, -0.1) is 0 Å². The maximum atomic E-state index is 13.3. The Hall–Kier alpha value is -2.44. The summed E-state index contributed by atoms with van der Waals surface area (Å²) >= 11 is 0. The maximum absolute atomic E-state index is 13.3. The molecule has 2 heterocycles. The SMILES string of the molecule is CCCN1CC(C(=O)N2CCN(C(=O)c3cccc(F)c3)CC2)CC1=O. The van der Waals surface area contributed by atoms with Crippen LogP contribution in [-0.4, -0.2) is 71.7 Å². The summed E-state index contributed by atoms with van der Waals surface area (Å²) < 4.78 is 13.3. The molecule has 0 aliphatic carbocycles. The second-order valence-electron chi connectivity index (χ2n) is 6.87. The number of benzene rings is 1. The average molecular weight is 361 g/mol. The molecule has 2 saturated heterocycles. The van der Waals surface area contributed by atoms with E-state index in [1.807, 2.05) is 6.92 Å². The lowest BCUT2D eigenvalue weighted by Gasteiger charge is -2.36. The van der Waals surface area contributed by atoms with E-state index < -0.39 is 5.82 Å². The van der Waals surface area contributed by atoms with E-state index in [-0.39, 0.29) is 30.1 Å². The van der Waals surface area contributed by atoms with Gasteiger partial charge in [0.15, 0.2) is 0 Å². The van der Waals surface area contributed by atoms with Gasteiger partial charge in [-0.25, -0.2) is 4.39 Å². The number of hydrogen-bond donors (Lipinski definition) is 0. The highest BCUT2D eigenvalue weighted by Gasteiger charge is 2.37. The minimum Gasteiger partial charge on any atom is -0.342 e. The lowest BCUT2D eigenvalue weighted by atomic mass is 10.1. The summed E-state index contributed by atoms with van der Waals surface area (Å²) in [5, 5.41) is 0. The minimum atomic E-state index is -0.438. The molecule has 140 valence electrons. The van der Waals surface area contributed by atoms with Gasteiger partial charge in [-0.05, 0) is 24.6 Å². The third kappa shape index (κ3) is 3.86. The summed E-state index contributed by atoms with van der Waals surface area (Å²) in [6.07, 6.45) is 1.16. The number of piperazine rings is 1. The second kappa shape index (κ2) is 7.85. The smallest absolute Gasteiger partial charge is 0.254 e. The molecular formula is C19H24FN3O3. The Morgan fingerprint density at radius 1 is 1.15 bits per heavy atom. The largest absolute Gasteiger partial charge is 0.342 e. The molecule has 1 atom stereocenters. The van der Waals surface area contributed by atoms with Gasteiger partial charge in [-0.3, -0.25) is 14.4 Å². The summed E-state index contributed by atoms with van der Waals surface area (Å²) in [5.41, 5.74) is 0.321. The van der Waals surface area contributed by atoms with E-state index in [0.29, 0.717) is 44.8 Å². The number of nitrogens with zero attached hydrogens (tertiary/aromatic N) is 3. The summed E-state index contributed by atoms with van der Waals surface area (Å²) in [5.74, 6) is -0.895. The Bertz CT molecular complexity index is 701. The fourth-order valence-corrected chi connectivity index (χ4v) is 3.62. The number of likely N-dealkylation sites (tertiary alicyclic amines) is 1. The van der Waals surface area contributed by atoms with E-state index in [1.54, 1.807) is 20.8 Å². The molecule has 2 aliphatic heterocycles. The first-order valence-corrected chi connectivity index (χ1v) is 9.11. The van der Waals surface area contributed by atoms with Gasteiger partial charge in [0.25, 0.3) is 5.91 Å². The molecule has 0 aromatic heterocycles. The van der Waals surface area contributed by atoms with Gasteiger partial charge in [-0.1, -0.05) is 13.0 Å².